The van der Waals surface area contributed by atoms with Gasteiger partial charge in [-0.15, -0.1) is 0 Å². The summed E-state index contributed by atoms with van der Waals surface area (Å²) >= 11 is 5.83. The third kappa shape index (κ3) is 7.80. The van der Waals surface area contributed by atoms with Crippen molar-refractivity contribution >= 4 is 41.6 Å². The SMILES string of the molecule is CN(/C=C\c1ccc(Cl)cc1C=O)CC(=O)NC(CC(=O)O)C(=O)COc1c(F)c(F)cc(F)c1F. The number of benzene rings is 2. The van der Waals surface area contributed by atoms with Gasteiger partial charge in [-0.2, -0.15) is 8.78 Å². The fraction of sp³-hybridized carbons (Fsp3) is 0.217. The van der Waals surface area contributed by atoms with Crippen LogP contribution in [0.5, 0.6) is 5.75 Å². The first kappa shape index (κ1) is 28.3. The zero-order valence-electron chi connectivity index (χ0n) is 18.6. The molecule has 0 radical (unpaired) electrons. The number of aliphatic carboxylic acids is 1. The number of likely N-dealkylation sites (N-methyl/N-ethyl adjacent to an activating group) is 1. The Morgan fingerprint density at radius 2 is 1.75 bits per heavy atom. The molecule has 8 nitrogen and oxygen atoms in total. The summed E-state index contributed by atoms with van der Waals surface area (Å²) in [6, 6.07) is 2.86. The monoisotopic (exact) mass is 530 g/mol. The van der Waals surface area contributed by atoms with E-state index in [1.165, 1.54) is 30.3 Å². The predicted molar refractivity (Wildman–Crippen MR) is 119 cm³/mol. The minimum atomic E-state index is -1.88. The van der Waals surface area contributed by atoms with Crippen LogP contribution in [0.1, 0.15) is 22.3 Å². The molecule has 2 rings (SSSR count). The van der Waals surface area contributed by atoms with Crippen LogP contribution in [0.15, 0.2) is 30.5 Å². The number of rotatable bonds is 12. The van der Waals surface area contributed by atoms with Crippen molar-refractivity contribution in [3.05, 3.63) is 69.9 Å². The van der Waals surface area contributed by atoms with Crippen molar-refractivity contribution in [1.82, 2.24) is 10.2 Å². The Morgan fingerprint density at radius 1 is 1.11 bits per heavy atom. The van der Waals surface area contributed by atoms with E-state index in [9.17, 15) is 36.7 Å². The summed E-state index contributed by atoms with van der Waals surface area (Å²) in [5.41, 5.74) is 0.806. The number of carboxylic acid groups (broad SMARTS) is 1. The molecule has 0 fully saturated rings. The number of ketones is 1. The molecule has 192 valence electrons. The molecule has 2 N–H and O–H groups in total. The van der Waals surface area contributed by atoms with Crippen LogP contribution in [0.2, 0.25) is 5.02 Å². The number of carbonyl (C=O) groups excluding carboxylic acids is 3. The van der Waals surface area contributed by atoms with Crippen molar-refractivity contribution in [1.29, 1.82) is 0 Å². The molecule has 0 aliphatic heterocycles. The van der Waals surface area contributed by atoms with Gasteiger partial charge in [0.05, 0.1) is 13.0 Å². The Hall–Kier alpha value is -3.93. The molecule has 13 heteroatoms. The Kier molecular flexibility index (Phi) is 9.97. The molecule has 0 spiro atoms. The summed E-state index contributed by atoms with van der Waals surface area (Å²) in [5.74, 6) is -12.2. The highest BCUT2D eigenvalue weighted by molar-refractivity contribution is 6.30. The van der Waals surface area contributed by atoms with Gasteiger partial charge in [0.15, 0.2) is 29.5 Å². The van der Waals surface area contributed by atoms with Gasteiger partial charge in [0.25, 0.3) is 0 Å². The lowest BCUT2D eigenvalue weighted by Gasteiger charge is -2.19. The van der Waals surface area contributed by atoms with E-state index >= 15 is 0 Å². The molecule has 1 unspecified atom stereocenters. The first-order valence-electron chi connectivity index (χ1n) is 10.1. The molecule has 0 aliphatic rings. The molecule has 1 amide bonds. The van der Waals surface area contributed by atoms with E-state index in [0.29, 0.717) is 22.4 Å². The van der Waals surface area contributed by atoms with Crippen LogP contribution in [0.25, 0.3) is 6.08 Å². The van der Waals surface area contributed by atoms with Crippen molar-refractivity contribution in [2.24, 2.45) is 0 Å². The van der Waals surface area contributed by atoms with Gasteiger partial charge in [0.1, 0.15) is 12.6 Å². The van der Waals surface area contributed by atoms with Crippen molar-refractivity contribution in [2.75, 3.05) is 20.2 Å². The number of hydrogen-bond acceptors (Lipinski definition) is 6. The number of carbonyl (C=O) groups is 4. The second-order valence-corrected chi connectivity index (χ2v) is 7.83. The van der Waals surface area contributed by atoms with E-state index in [0.717, 1.165) is 0 Å². The van der Waals surface area contributed by atoms with Crippen molar-refractivity contribution < 1.29 is 46.6 Å². The predicted octanol–water partition coefficient (Wildman–Crippen LogP) is 3.22. The maximum Gasteiger partial charge on any atom is 0.305 e. The lowest BCUT2D eigenvalue weighted by molar-refractivity contribution is -0.140. The molecule has 36 heavy (non-hydrogen) atoms. The first-order chi connectivity index (χ1) is 16.9. The summed E-state index contributed by atoms with van der Waals surface area (Å²) in [4.78, 5) is 48.3. The van der Waals surface area contributed by atoms with Crippen LogP contribution in [0.3, 0.4) is 0 Å². The fourth-order valence-electron chi connectivity index (χ4n) is 2.87. The van der Waals surface area contributed by atoms with Crippen LogP contribution >= 0.6 is 11.6 Å². The number of nitrogens with zero attached hydrogens (tertiary/aromatic N) is 1. The normalized spacial score (nSPS) is 11.7. The van der Waals surface area contributed by atoms with Crippen molar-refractivity contribution in [2.45, 2.75) is 12.5 Å². The van der Waals surface area contributed by atoms with Gasteiger partial charge < -0.3 is 20.1 Å². The zero-order valence-corrected chi connectivity index (χ0v) is 19.3. The molecule has 2 aromatic carbocycles. The number of nitrogens with one attached hydrogen (secondary N) is 1. The third-order valence-electron chi connectivity index (χ3n) is 4.61. The molecular formula is C23H19ClF4N2O6. The smallest absolute Gasteiger partial charge is 0.305 e. The number of Topliss-reactive ketones (excluding diaryl/α,β-unsaturated/α-hetero) is 1. The maximum atomic E-state index is 13.7. The van der Waals surface area contributed by atoms with Gasteiger partial charge >= 0.3 is 5.97 Å². The van der Waals surface area contributed by atoms with Gasteiger partial charge in [-0.05, 0) is 30.0 Å². The van der Waals surface area contributed by atoms with E-state index in [1.54, 1.807) is 12.1 Å². The lowest BCUT2D eigenvalue weighted by atomic mass is 10.1. The Balaban J connectivity index is 2.04. The fourth-order valence-corrected chi connectivity index (χ4v) is 3.05. The lowest BCUT2D eigenvalue weighted by Crippen LogP contribution is -2.46. The number of halogens is 5. The number of hydrogen-bond donors (Lipinski definition) is 2. The highest BCUT2D eigenvalue weighted by atomic mass is 35.5. The molecule has 0 aromatic heterocycles. The largest absolute Gasteiger partial charge is 0.481 e. The molecule has 0 saturated carbocycles. The summed E-state index contributed by atoms with van der Waals surface area (Å²) in [6.45, 7) is -1.54. The van der Waals surface area contributed by atoms with E-state index in [1.807, 2.05) is 0 Å². The molecule has 2 aromatic rings. The van der Waals surface area contributed by atoms with Crippen LogP contribution in [-0.4, -0.2) is 60.2 Å². The topological polar surface area (TPSA) is 113 Å². The summed E-state index contributed by atoms with van der Waals surface area (Å²) in [6.07, 6.45) is 2.65. The molecular weight excluding hydrogens is 512 g/mol. The molecule has 0 saturated heterocycles. The standard InChI is InChI=1S/C23H19ClF4N2O6/c1-30(5-4-12-2-3-14(24)6-13(12)10-31)9-19(33)29-17(8-20(34)35)18(32)11-36-23-21(27)15(25)7-16(26)22(23)28/h2-7,10,17H,8-9,11H2,1H3,(H,29,33)(H,34,35)/b5-4-. The van der Waals surface area contributed by atoms with Gasteiger partial charge in [-0.25, -0.2) is 8.78 Å². The number of ether oxygens (including phenoxy) is 1. The highest BCUT2D eigenvalue weighted by Crippen LogP contribution is 2.26. The van der Waals surface area contributed by atoms with Crippen LogP contribution in [-0.2, 0) is 14.4 Å². The summed E-state index contributed by atoms with van der Waals surface area (Å²) in [7, 11) is 1.48. The van der Waals surface area contributed by atoms with Crippen LogP contribution < -0.4 is 10.1 Å². The average molecular weight is 531 g/mol. The number of carboxylic acids is 1. The van der Waals surface area contributed by atoms with Crippen LogP contribution in [0, 0.1) is 23.3 Å². The Bertz CT molecular complexity index is 1180. The summed E-state index contributed by atoms with van der Waals surface area (Å²) in [5, 5.41) is 11.5. The molecule has 0 heterocycles. The summed E-state index contributed by atoms with van der Waals surface area (Å²) < 4.78 is 58.5. The average Bonchev–Trinajstić information content (AvgIpc) is 2.80. The second kappa shape index (κ2) is 12.7. The van der Waals surface area contributed by atoms with E-state index in [-0.39, 0.29) is 12.6 Å². The second-order valence-electron chi connectivity index (χ2n) is 7.39. The van der Waals surface area contributed by atoms with Gasteiger partial charge in [-0.3, -0.25) is 19.2 Å². The number of amides is 1. The minimum absolute atomic E-state index is 0.0511. The molecule has 0 bridgehead atoms. The number of aldehydes is 1. The molecule has 0 aliphatic carbocycles. The van der Waals surface area contributed by atoms with Crippen LogP contribution in [0.4, 0.5) is 17.6 Å². The first-order valence-corrected chi connectivity index (χ1v) is 10.4. The van der Waals surface area contributed by atoms with E-state index < -0.39 is 65.7 Å². The van der Waals surface area contributed by atoms with Gasteiger partial charge in [0, 0.05) is 23.7 Å². The Morgan fingerprint density at radius 3 is 2.33 bits per heavy atom. The van der Waals surface area contributed by atoms with Gasteiger partial charge in [-0.1, -0.05) is 17.7 Å². The van der Waals surface area contributed by atoms with E-state index in [2.05, 4.69) is 10.1 Å². The third-order valence-corrected chi connectivity index (χ3v) is 4.85. The quantitative estimate of drug-likeness (QED) is 0.246. The minimum Gasteiger partial charge on any atom is -0.481 e. The van der Waals surface area contributed by atoms with E-state index in [4.69, 9.17) is 16.7 Å². The molecule has 1 atom stereocenters. The van der Waals surface area contributed by atoms with Crippen molar-refractivity contribution in [3.63, 3.8) is 0 Å². The van der Waals surface area contributed by atoms with Crippen molar-refractivity contribution in [3.8, 4) is 5.75 Å². The zero-order chi connectivity index (χ0) is 27.0. The maximum absolute atomic E-state index is 13.7. The Labute approximate surface area is 207 Å². The van der Waals surface area contributed by atoms with Gasteiger partial charge in [0.2, 0.25) is 17.5 Å². The highest BCUT2D eigenvalue weighted by Gasteiger charge is 2.27.